The number of aryl methyl sites for hydroxylation is 1. The van der Waals surface area contributed by atoms with E-state index in [1.807, 2.05) is 31.2 Å². The van der Waals surface area contributed by atoms with Crippen LogP contribution in [0.15, 0.2) is 39.9 Å². The third kappa shape index (κ3) is 3.09. The van der Waals surface area contributed by atoms with E-state index in [0.29, 0.717) is 0 Å². The summed E-state index contributed by atoms with van der Waals surface area (Å²) in [6, 6.07) is 7.36. The van der Waals surface area contributed by atoms with Gasteiger partial charge in [0, 0.05) is 0 Å². The number of rotatable bonds is 2. The van der Waals surface area contributed by atoms with Crippen LogP contribution in [-0.4, -0.2) is 9.55 Å². The molecule has 20 heavy (non-hydrogen) atoms. The fraction of sp³-hybridized carbons (Fsp3) is 0.231. The van der Waals surface area contributed by atoms with E-state index < -0.39 is 21.9 Å². The number of nitrogens with zero attached hydrogens (tertiary/aromatic N) is 2. The van der Waals surface area contributed by atoms with Crippen LogP contribution in [0.2, 0.25) is 0 Å². The maximum atomic E-state index is 12.6. The third-order valence-electron chi connectivity index (χ3n) is 2.72. The molecule has 0 aliphatic rings. The number of halogens is 4. The zero-order chi connectivity index (χ0) is 14.9. The first-order valence-corrected chi connectivity index (χ1v) is 6.46. The first-order chi connectivity index (χ1) is 9.29. The van der Waals surface area contributed by atoms with Crippen molar-refractivity contribution in [2.75, 3.05) is 0 Å². The summed E-state index contributed by atoms with van der Waals surface area (Å²) in [5.74, 6) is 0. The zero-order valence-corrected chi connectivity index (χ0v) is 12.0. The van der Waals surface area contributed by atoms with Crippen molar-refractivity contribution in [1.29, 1.82) is 0 Å². The fourth-order valence-corrected chi connectivity index (χ4v) is 2.22. The molecule has 0 saturated carbocycles. The van der Waals surface area contributed by atoms with E-state index >= 15 is 0 Å². The highest BCUT2D eigenvalue weighted by atomic mass is 79.9. The van der Waals surface area contributed by atoms with Crippen molar-refractivity contribution in [3.63, 3.8) is 0 Å². The van der Waals surface area contributed by atoms with Gasteiger partial charge >= 0.3 is 6.18 Å². The minimum absolute atomic E-state index is 0.169. The van der Waals surface area contributed by atoms with E-state index in [2.05, 4.69) is 20.9 Å². The molecule has 0 amide bonds. The van der Waals surface area contributed by atoms with Crippen LogP contribution in [0.5, 0.6) is 0 Å². The maximum Gasteiger partial charge on any atom is 0.434 e. The first kappa shape index (κ1) is 14.8. The van der Waals surface area contributed by atoms with Crippen LogP contribution in [-0.2, 0) is 12.7 Å². The van der Waals surface area contributed by atoms with Gasteiger partial charge in [-0.25, -0.2) is 4.98 Å². The Kier molecular flexibility index (Phi) is 3.99. The Labute approximate surface area is 121 Å². The molecule has 0 bridgehead atoms. The molecule has 2 rings (SSSR count). The molecule has 106 valence electrons. The van der Waals surface area contributed by atoms with Crippen LogP contribution in [0.4, 0.5) is 13.2 Å². The normalized spacial score (nSPS) is 11.7. The fourth-order valence-electron chi connectivity index (χ4n) is 1.66. The van der Waals surface area contributed by atoms with E-state index in [-0.39, 0.29) is 6.54 Å². The maximum absolute atomic E-state index is 12.6. The second kappa shape index (κ2) is 5.40. The monoisotopic (exact) mass is 346 g/mol. The van der Waals surface area contributed by atoms with Gasteiger partial charge in [0.15, 0.2) is 5.69 Å². The van der Waals surface area contributed by atoms with Crippen LogP contribution in [0.1, 0.15) is 16.8 Å². The van der Waals surface area contributed by atoms with E-state index in [4.69, 9.17) is 0 Å². The predicted octanol–water partition coefficient (Wildman–Crippen LogP) is 3.38. The Hall–Kier alpha value is -1.63. The Bertz CT molecular complexity index is 677. The molecular weight excluding hydrogens is 337 g/mol. The lowest BCUT2D eigenvalue weighted by atomic mass is 10.1. The van der Waals surface area contributed by atoms with Crippen LogP contribution in [0.3, 0.4) is 0 Å². The largest absolute Gasteiger partial charge is 0.434 e. The molecule has 0 saturated heterocycles. The highest BCUT2D eigenvalue weighted by molar-refractivity contribution is 9.10. The van der Waals surface area contributed by atoms with Crippen molar-refractivity contribution < 1.29 is 13.2 Å². The molecular formula is C13H10BrF3N2O. The smallest absolute Gasteiger partial charge is 0.294 e. The summed E-state index contributed by atoms with van der Waals surface area (Å²) >= 11 is 2.68. The number of benzene rings is 1. The standard InChI is InChI=1S/C13H10BrF3N2O/c1-8-2-4-9(5-3-8)6-19-7-18-11(13(15,16)17)10(14)12(19)20/h2-5,7H,6H2,1H3. The van der Waals surface area contributed by atoms with E-state index in [9.17, 15) is 18.0 Å². The summed E-state index contributed by atoms with van der Waals surface area (Å²) < 4.78 is 38.3. The first-order valence-electron chi connectivity index (χ1n) is 5.66. The molecule has 0 spiro atoms. The SMILES string of the molecule is Cc1ccc(Cn2cnc(C(F)(F)F)c(Br)c2=O)cc1. The quantitative estimate of drug-likeness (QED) is 0.835. The van der Waals surface area contributed by atoms with E-state index in [0.717, 1.165) is 22.0 Å². The van der Waals surface area contributed by atoms with Gasteiger partial charge in [-0.05, 0) is 28.4 Å². The molecule has 1 aromatic carbocycles. The number of aromatic nitrogens is 2. The lowest BCUT2D eigenvalue weighted by Gasteiger charge is -2.11. The molecule has 3 nitrogen and oxygen atoms in total. The lowest BCUT2D eigenvalue weighted by Crippen LogP contribution is -2.26. The van der Waals surface area contributed by atoms with Gasteiger partial charge < -0.3 is 0 Å². The number of alkyl halides is 3. The minimum atomic E-state index is -4.65. The molecule has 0 N–H and O–H groups in total. The Morgan fingerprint density at radius 3 is 2.40 bits per heavy atom. The molecule has 0 radical (unpaired) electrons. The molecule has 0 aliphatic carbocycles. The summed E-state index contributed by atoms with van der Waals surface area (Å²) in [6.45, 7) is 2.09. The average Bonchev–Trinajstić information content (AvgIpc) is 2.36. The average molecular weight is 347 g/mol. The third-order valence-corrected chi connectivity index (χ3v) is 3.44. The zero-order valence-electron chi connectivity index (χ0n) is 10.4. The molecule has 0 unspecified atom stereocenters. The minimum Gasteiger partial charge on any atom is -0.294 e. The lowest BCUT2D eigenvalue weighted by molar-refractivity contribution is -0.142. The second-order valence-corrected chi connectivity index (χ2v) is 5.12. The Morgan fingerprint density at radius 2 is 1.85 bits per heavy atom. The van der Waals surface area contributed by atoms with Crippen molar-refractivity contribution in [1.82, 2.24) is 9.55 Å². The predicted molar refractivity (Wildman–Crippen MR) is 71.5 cm³/mol. The summed E-state index contributed by atoms with van der Waals surface area (Å²) in [5.41, 5.74) is -0.0884. The van der Waals surface area contributed by atoms with Gasteiger partial charge in [0.25, 0.3) is 5.56 Å². The molecule has 7 heteroatoms. The summed E-state index contributed by atoms with van der Waals surface area (Å²) in [6.07, 6.45) is -3.74. The van der Waals surface area contributed by atoms with Gasteiger partial charge in [-0.1, -0.05) is 29.8 Å². The second-order valence-electron chi connectivity index (χ2n) is 4.32. The van der Waals surface area contributed by atoms with Gasteiger partial charge in [-0.2, -0.15) is 13.2 Å². The topological polar surface area (TPSA) is 34.9 Å². The van der Waals surface area contributed by atoms with Crippen LogP contribution in [0, 0.1) is 6.92 Å². The van der Waals surface area contributed by atoms with Crippen molar-refractivity contribution in [2.24, 2.45) is 0 Å². The van der Waals surface area contributed by atoms with Crippen LogP contribution >= 0.6 is 15.9 Å². The van der Waals surface area contributed by atoms with Gasteiger partial charge in [0.1, 0.15) is 4.47 Å². The molecule has 0 atom stereocenters. The number of hydrogen-bond acceptors (Lipinski definition) is 2. The molecule has 0 aliphatic heterocycles. The molecule has 0 fully saturated rings. The van der Waals surface area contributed by atoms with E-state index in [1.54, 1.807) is 0 Å². The molecule has 2 aromatic rings. The Morgan fingerprint density at radius 1 is 1.25 bits per heavy atom. The van der Waals surface area contributed by atoms with Gasteiger partial charge in [0.2, 0.25) is 0 Å². The summed E-state index contributed by atoms with van der Waals surface area (Å²) in [5, 5.41) is 0. The van der Waals surface area contributed by atoms with Gasteiger partial charge in [-0.15, -0.1) is 0 Å². The molecule has 1 aromatic heterocycles. The van der Waals surface area contributed by atoms with Crippen LogP contribution in [0.25, 0.3) is 0 Å². The summed E-state index contributed by atoms with van der Waals surface area (Å²) in [4.78, 5) is 15.2. The van der Waals surface area contributed by atoms with Crippen molar-refractivity contribution in [3.8, 4) is 0 Å². The highest BCUT2D eigenvalue weighted by Crippen LogP contribution is 2.30. The number of hydrogen-bond donors (Lipinski definition) is 0. The molecule has 1 heterocycles. The van der Waals surface area contributed by atoms with Crippen LogP contribution < -0.4 is 5.56 Å². The van der Waals surface area contributed by atoms with Crippen molar-refractivity contribution in [3.05, 3.63) is 62.2 Å². The van der Waals surface area contributed by atoms with Crippen molar-refractivity contribution >= 4 is 15.9 Å². The van der Waals surface area contributed by atoms with Gasteiger partial charge in [-0.3, -0.25) is 9.36 Å². The van der Waals surface area contributed by atoms with Crippen molar-refractivity contribution in [2.45, 2.75) is 19.6 Å². The summed E-state index contributed by atoms with van der Waals surface area (Å²) in [7, 11) is 0. The highest BCUT2D eigenvalue weighted by Gasteiger charge is 2.36. The van der Waals surface area contributed by atoms with Gasteiger partial charge in [0.05, 0.1) is 12.9 Å². The Balaban J connectivity index is 2.38. The van der Waals surface area contributed by atoms with E-state index in [1.165, 1.54) is 0 Å².